The number of methoxy groups -OCH3 is 1. The Labute approximate surface area is 187 Å². The quantitative estimate of drug-likeness (QED) is 0.317. The van der Waals surface area contributed by atoms with Gasteiger partial charge >= 0.3 is 0 Å². The zero-order valence-corrected chi connectivity index (χ0v) is 18.3. The molecule has 31 heavy (non-hydrogen) atoms. The van der Waals surface area contributed by atoms with Gasteiger partial charge in [-0.25, -0.2) is 13.9 Å². The largest absolute Gasteiger partial charge is 0.497 e. The van der Waals surface area contributed by atoms with Crippen LogP contribution in [0.4, 0.5) is 10.1 Å². The first-order valence-corrected chi connectivity index (χ1v) is 10.7. The van der Waals surface area contributed by atoms with Crippen LogP contribution in [0, 0.1) is 12.7 Å². The molecular formula is C22H18ClFN4O2S. The molecule has 0 unspecified atom stereocenters. The molecule has 0 spiro atoms. The maximum atomic E-state index is 13.2. The normalized spacial score (nSPS) is 11.0. The van der Waals surface area contributed by atoms with E-state index in [-0.39, 0.29) is 16.7 Å². The summed E-state index contributed by atoms with van der Waals surface area (Å²) in [5, 5.41) is 8.10. The van der Waals surface area contributed by atoms with Crippen molar-refractivity contribution < 1.29 is 13.9 Å². The molecule has 0 aliphatic carbocycles. The highest BCUT2D eigenvalue weighted by Crippen LogP contribution is 2.29. The Morgan fingerprint density at radius 1 is 1.23 bits per heavy atom. The minimum absolute atomic E-state index is 0.129. The summed E-state index contributed by atoms with van der Waals surface area (Å²) in [5.41, 5.74) is 3.73. The molecule has 0 fully saturated rings. The smallest absolute Gasteiger partial charge is 0.234 e. The summed E-state index contributed by atoms with van der Waals surface area (Å²) in [6, 6.07) is 13.4. The SMILES string of the molecule is COc1ccc(-c2cnn3c(SCC(=O)Nc4ccc(F)cc4Cl)cc(C)nc23)cc1. The summed E-state index contributed by atoms with van der Waals surface area (Å²) >= 11 is 7.30. The summed E-state index contributed by atoms with van der Waals surface area (Å²) < 4.78 is 20.1. The minimum atomic E-state index is -0.460. The lowest BCUT2D eigenvalue weighted by Gasteiger charge is -2.09. The van der Waals surface area contributed by atoms with Crippen molar-refractivity contribution in [3.8, 4) is 16.9 Å². The fourth-order valence-corrected chi connectivity index (χ4v) is 4.12. The predicted molar refractivity (Wildman–Crippen MR) is 120 cm³/mol. The minimum Gasteiger partial charge on any atom is -0.497 e. The van der Waals surface area contributed by atoms with Gasteiger partial charge in [0.05, 0.1) is 29.8 Å². The Kier molecular flexibility index (Phi) is 6.11. The average Bonchev–Trinajstić information content (AvgIpc) is 3.18. The molecule has 1 N–H and O–H groups in total. The number of hydrogen-bond donors (Lipinski definition) is 1. The highest BCUT2D eigenvalue weighted by atomic mass is 35.5. The highest BCUT2D eigenvalue weighted by Gasteiger charge is 2.14. The molecule has 2 aromatic carbocycles. The van der Waals surface area contributed by atoms with Crippen molar-refractivity contribution in [2.45, 2.75) is 11.9 Å². The lowest BCUT2D eigenvalue weighted by atomic mass is 10.1. The molecule has 158 valence electrons. The van der Waals surface area contributed by atoms with Gasteiger partial charge < -0.3 is 10.1 Å². The molecule has 0 saturated heterocycles. The van der Waals surface area contributed by atoms with Crippen LogP contribution < -0.4 is 10.1 Å². The van der Waals surface area contributed by atoms with Crippen LogP contribution in [0.15, 0.2) is 59.8 Å². The van der Waals surface area contributed by atoms with E-state index in [0.717, 1.165) is 33.7 Å². The Bertz CT molecular complexity index is 1260. The summed E-state index contributed by atoms with van der Waals surface area (Å²) in [5.74, 6) is 0.180. The molecule has 2 heterocycles. The molecule has 0 aliphatic heterocycles. The molecular weight excluding hydrogens is 439 g/mol. The number of benzene rings is 2. The molecule has 4 aromatic rings. The topological polar surface area (TPSA) is 68.5 Å². The lowest BCUT2D eigenvalue weighted by Crippen LogP contribution is -2.15. The van der Waals surface area contributed by atoms with Gasteiger partial charge in [-0.3, -0.25) is 4.79 Å². The number of hydrogen-bond acceptors (Lipinski definition) is 5. The zero-order chi connectivity index (χ0) is 22.0. The van der Waals surface area contributed by atoms with Crippen LogP contribution in [0.5, 0.6) is 5.75 Å². The van der Waals surface area contributed by atoms with Gasteiger partial charge in [-0.05, 0) is 48.9 Å². The van der Waals surface area contributed by atoms with E-state index < -0.39 is 5.82 Å². The van der Waals surface area contributed by atoms with Gasteiger partial charge in [-0.2, -0.15) is 5.10 Å². The molecule has 0 aliphatic rings. The first-order valence-electron chi connectivity index (χ1n) is 9.32. The molecule has 0 radical (unpaired) electrons. The number of ether oxygens (including phenoxy) is 1. The van der Waals surface area contributed by atoms with Crippen molar-refractivity contribution in [3.05, 3.63) is 71.3 Å². The number of nitrogens with zero attached hydrogens (tertiary/aromatic N) is 3. The maximum absolute atomic E-state index is 13.2. The molecule has 4 rings (SSSR count). The number of thioether (sulfide) groups is 1. The van der Waals surface area contributed by atoms with Crippen LogP contribution in [-0.4, -0.2) is 33.4 Å². The summed E-state index contributed by atoms with van der Waals surface area (Å²) in [7, 11) is 1.62. The number of rotatable bonds is 6. The Hall–Kier alpha value is -3.10. The van der Waals surface area contributed by atoms with Crippen molar-refractivity contribution in [1.82, 2.24) is 14.6 Å². The van der Waals surface area contributed by atoms with E-state index in [1.54, 1.807) is 17.8 Å². The molecule has 0 bridgehead atoms. The van der Waals surface area contributed by atoms with Crippen molar-refractivity contribution in [1.29, 1.82) is 0 Å². The highest BCUT2D eigenvalue weighted by molar-refractivity contribution is 7.99. The lowest BCUT2D eigenvalue weighted by molar-refractivity contribution is -0.113. The number of amides is 1. The third kappa shape index (κ3) is 4.65. The van der Waals surface area contributed by atoms with Gasteiger partial charge in [0.25, 0.3) is 0 Å². The van der Waals surface area contributed by atoms with Crippen LogP contribution >= 0.6 is 23.4 Å². The van der Waals surface area contributed by atoms with E-state index in [4.69, 9.17) is 16.3 Å². The number of nitrogens with one attached hydrogen (secondary N) is 1. The van der Waals surface area contributed by atoms with E-state index in [1.807, 2.05) is 37.3 Å². The van der Waals surface area contributed by atoms with Crippen molar-refractivity contribution in [2.24, 2.45) is 0 Å². The summed E-state index contributed by atoms with van der Waals surface area (Å²) in [4.78, 5) is 17.0. The standard InChI is InChI=1S/C22H18ClFN4O2S/c1-13-9-21(31-12-20(29)27-19-8-5-15(24)10-18(19)23)28-22(26-13)17(11-25-28)14-3-6-16(30-2)7-4-14/h3-11H,12H2,1-2H3,(H,27,29). The van der Waals surface area contributed by atoms with Gasteiger partial charge in [0.15, 0.2) is 5.65 Å². The van der Waals surface area contributed by atoms with E-state index in [1.165, 1.54) is 23.9 Å². The van der Waals surface area contributed by atoms with Crippen molar-refractivity contribution >= 4 is 40.6 Å². The van der Waals surface area contributed by atoms with Gasteiger partial charge in [0.1, 0.15) is 16.6 Å². The Morgan fingerprint density at radius 3 is 2.71 bits per heavy atom. The van der Waals surface area contributed by atoms with Gasteiger partial charge in [-0.15, -0.1) is 0 Å². The van der Waals surface area contributed by atoms with E-state index in [2.05, 4.69) is 15.4 Å². The van der Waals surface area contributed by atoms with Crippen LogP contribution in [-0.2, 0) is 4.79 Å². The van der Waals surface area contributed by atoms with Gasteiger partial charge in [0, 0.05) is 11.3 Å². The van der Waals surface area contributed by atoms with E-state index in [9.17, 15) is 9.18 Å². The Morgan fingerprint density at radius 2 is 2.00 bits per heavy atom. The van der Waals surface area contributed by atoms with Gasteiger partial charge in [0.2, 0.25) is 5.91 Å². The molecule has 9 heteroatoms. The average molecular weight is 457 g/mol. The third-order valence-electron chi connectivity index (χ3n) is 4.52. The van der Waals surface area contributed by atoms with Gasteiger partial charge in [-0.1, -0.05) is 35.5 Å². The molecule has 0 saturated carbocycles. The van der Waals surface area contributed by atoms with E-state index >= 15 is 0 Å². The third-order valence-corrected chi connectivity index (χ3v) is 5.83. The van der Waals surface area contributed by atoms with E-state index in [0.29, 0.717) is 11.3 Å². The second-order valence-electron chi connectivity index (χ2n) is 6.72. The Balaban J connectivity index is 1.55. The molecule has 6 nitrogen and oxygen atoms in total. The molecule has 1 amide bonds. The molecule has 2 aromatic heterocycles. The number of anilines is 1. The number of halogens is 2. The van der Waals surface area contributed by atoms with Crippen LogP contribution in [0.1, 0.15) is 5.69 Å². The van der Waals surface area contributed by atoms with Crippen LogP contribution in [0.3, 0.4) is 0 Å². The predicted octanol–water partition coefficient (Wildman–Crippen LogP) is 5.24. The van der Waals surface area contributed by atoms with Crippen LogP contribution in [0.25, 0.3) is 16.8 Å². The monoisotopic (exact) mass is 456 g/mol. The first kappa shape index (κ1) is 21.1. The zero-order valence-electron chi connectivity index (χ0n) is 16.7. The summed E-state index contributed by atoms with van der Waals surface area (Å²) in [6.45, 7) is 1.90. The first-order chi connectivity index (χ1) is 14.9. The number of carbonyl (C=O) groups is 1. The number of aromatic nitrogens is 3. The second kappa shape index (κ2) is 8.95. The maximum Gasteiger partial charge on any atom is 0.234 e. The second-order valence-corrected chi connectivity index (χ2v) is 8.12. The van der Waals surface area contributed by atoms with Crippen LogP contribution in [0.2, 0.25) is 5.02 Å². The number of aryl methyl sites for hydroxylation is 1. The fourth-order valence-electron chi connectivity index (χ4n) is 3.04. The molecule has 0 atom stereocenters. The number of carbonyl (C=O) groups excluding carboxylic acids is 1. The van der Waals surface area contributed by atoms with Crippen molar-refractivity contribution in [3.63, 3.8) is 0 Å². The number of fused-ring (bicyclic) bond motifs is 1. The fraction of sp³-hybridized carbons (Fsp3) is 0.136. The summed E-state index contributed by atoms with van der Waals surface area (Å²) in [6.07, 6.45) is 1.76. The van der Waals surface area contributed by atoms with Crippen molar-refractivity contribution in [2.75, 3.05) is 18.2 Å².